The molecule has 174 valence electrons. The summed E-state index contributed by atoms with van der Waals surface area (Å²) in [5.74, 6) is 4.85. The van der Waals surface area contributed by atoms with Gasteiger partial charge in [-0.2, -0.15) is 0 Å². The van der Waals surface area contributed by atoms with E-state index >= 15 is 0 Å². The van der Waals surface area contributed by atoms with Crippen LogP contribution in [0.25, 0.3) is 0 Å². The van der Waals surface area contributed by atoms with Crippen LogP contribution in [0.2, 0.25) is 0 Å². The molecule has 33 heavy (non-hydrogen) atoms. The SMILES string of the molecule is CCCCCC(=O)Nc1ccc(C#Cc2ccc(C(=O)N[C@H](C(=O)CO)[C@@H](C)O)cc2)cc1. The Morgan fingerprint density at radius 1 is 0.939 bits per heavy atom. The molecule has 0 radical (unpaired) electrons. The van der Waals surface area contributed by atoms with Gasteiger partial charge in [-0.25, -0.2) is 0 Å². The summed E-state index contributed by atoms with van der Waals surface area (Å²) in [7, 11) is 0. The highest BCUT2D eigenvalue weighted by molar-refractivity contribution is 5.98. The Kier molecular flexibility index (Phi) is 10.3. The van der Waals surface area contributed by atoms with E-state index in [1.54, 1.807) is 36.4 Å². The van der Waals surface area contributed by atoms with Crippen molar-refractivity contribution in [1.29, 1.82) is 0 Å². The van der Waals surface area contributed by atoms with E-state index in [1.807, 2.05) is 12.1 Å². The number of Topliss-reactive ketones (excluding diaryl/α,β-unsaturated/α-hetero) is 1. The van der Waals surface area contributed by atoms with E-state index < -0.39 is 30.4 Å². The zero-order chi connectivity index (χ0) is 24.2. The number of benzene rings is 2. The molecule has 0 aliphatic carbocycles. The first kappa shape index (κ1) is 25.8. The van der Waals surface area contributed by atoms with Crippen molar-refractivity contribution in [1.82, 2.24) is 5.32 Å². The van der Waals surface area contributed by atoms with Crippen molar-refractivity contribution < 1.29 is 24.6 Å². The Labute approximate surface area is 194 Å². The number of hydrogen-bond acceptors (Lipinski definition) is 5. The van der Waals surface area contributed by atoms with Crippen LogP contribution in [0, 0.1) is 11.8 Å². The molecule has 0 heterocycles. The van der Waals surface area contributed by atoms with E-state index in [1.165, 1.54) is 6.92 Å². The third-order valence-corrected chi connectivity index (χ3v) is 4.95. The molecule has 2 aromatic rings. The fraction of sp³-hybridized carbons (Fsp3) is 0.346. The Balaban J connectivity index is 1.96. The van der Waals surface area contributed by atoms with Gasteiger partial charge in [0.1, 0.15) is 12.6 Å². The Bertz CT molecular complexity index is 1000. The van der Waals surface area contributed by atoms with Crippen molar-refractivity contribution in [2.24, 2.45) is 0 Å². The van der Waals surface area contributed by atoms with Gasteiger partial charge in [0, 0.05) is 28.8 Å². The molecule has 7 nitrogen and oxygen atoms in total. The molecule has 0 saturated carbocycles. The number of nitrogens with one attached hydrogen (secondary N) is 2. The summed E-state index contributed by atoms with van der Waals surface area (Å²) in [4.78, 5) is 35.9. The van der Waals surface area contributed by atoms with Crippen molar-refractivity contribution >= 4 is 23.3 Å². The van der Waals surface area contributed by atoms with Gasteiger partial charge in [0.15, 0.2) is 5.78 Å². The second-order valence-corrected chi connectivity index (χ2v) is 7.73. The quantitative estimate of drug-likeness (QED) is 0.328. The maximum absolute atomic E-state index is 12.3. The standard InChI is InChI=1S/C26H30N2O5/c1-3-4-5-6-24(32)27-22-15-11-20(12-16-22)8-7-19-9-13-21(14-10-19)26(33)28-25(18(2)30)23(31)17-29/h9-16,18,25,29-30H,3-6,17H2,1-2H3,(H,27,32)(H,28,33)/t18-,25+/m1/s1. The molecular weight excluding hydrogens is 420 g/mol. The average molecular weight is 451 g/mol. The normalized spacial score (nSPS) is 12.1. The fourth-order valence-corrected chi connectivity index (χ4v) is 3.04. The van der Waals surface area contributed by atoms with Crippen LogP contribution in [-0.2, 0) is 9.59 Å². The number of amides is 2. The summed E-state index contributed by atoms with van der Waals surface area (Å²) in [6.45, 7) is 2.70. The van der Waals surface area contributed by atoms with Gasteiger partial charge < -0.3 is 20.8 Å². The maximum Gasteiger partial charge on any atom is 0.251 e. The van der Waals surface area contributed by atoms with Gasteiger partial charge in [-0.3, -0.25) is 14.4 Å². The van der Waals surface area contributed by atoms with Gasteiger partial charge in [0.25, 0.3) is 5.91 Å². The van der Waals surface area contributed by atoms with Crippen molar-refractivity contribution in [3.05, 3.63) is 65.2 Å². The Morgan fingerprint density at radius 2 is 1.52 bits per heavy atom. The first-order chi connectivity index (χ1) is 15.8. The minimum absolute atomic E-state index is 0.00639. The summed E-state index contributed by atoms with van der Waals surface area (Å²) in [5, 5.41) is 23.9. The highest BCUT2D eigenvalue weighted by atomic mass is 16.3. The van der Waals surface area contributed by atoms with E-state index in [-0.39, 0.29) is 5.91 Å². The molecule has 0 bridgehead atoms. The Morgan fingerprint density at radius 3 is 2.03 bits per heavy atom. The minimum atomic E-state index is -1.17. The summed E-state index contributed by atoms with van der Waals surface area (Å²) in [6.07, 6.45) is 2.39. The molecule has 0 saturated heterocycles. The first-order valence-corrected chi connectivity index (χ1v) is 11.0. The zero-order valence-corrected chi connectivity index (χ0v) is 18.9. The molecule has 0 unspecified atom stereocenters. The minimum Gasteiger partial charge on any atom is -0.391 e. The van der Waals surface area contributed by atoms with Gasteiger partial charge in [-0.15, -0.1) is 0 Å². The van der Waals surface area contributed by atoms with Gasteiger partial charge in [-0.05, 0) is 61.9 Å². The summed E-state index contributed by atoms with van der Waals surface area (Å²) in [6, 6.07) is 12.6. The van der Waals surface area contributed by atoms with Crippen LogP contribution in [0.4, 0.5) is 5.69 Å². The van der Waals surface area contributed by atoms with Crippen LogP contribution in [0.15, 0.2) is 48.5 Å². The number of rotatable bonds is 10. The van der Waals surface area contributed by atoms with E-state index in [0.29, 0.717) is 17.5 Å². The summed E-state index contributed by atoms with van der Waals surface area (Å²) in [5.41, 5.74) is 2.50. The predicted molar refractivity (Wildman–Crippen MR) is 127 cm³/mol. The molecule has 0 spiro atoms. The Hall–Kier alpha value is -3.47. The third kappa shape index (κ3) is 8.53. The largest absolute Gasteiger partial charge is 0.391 e. The lowest BCUT2D eigenvalue weighted by atomic mass is 10.1. The first-order valence-electron chi connectivity index (χ1n) is 11.0. The lowest BCUT2D eigenvalue weighted by molar-refractivity contribution is -0.126. The van der Waals surface area contributed by atoms with Crippen LogP contribution in [0.3, 0.4) is 0 Å². The lowest BCUT2D eigenvalue weighted by Gasteiger charge is -2.19. The van der Waals surface area contributed by atoms with E-state index in [9.17, 15) is 19.5 Å². The number of anilines is 1. The van der Waals surface area contributed by atoms with Crippen LogP contribution in [-0.4, -0.2) is 46.6 Å². The molecule has 2 atom stereocenters. The maximum atomic E-state index is 12.3. The number of carbonyl (C=O) groups is 3. The molecule has 4 N–H and O–H groups in total. The number of ketones is 1. The molecule has 0 aliphatic heterocycles. The zero-order valence-electron chi connectivity index (χ0n) is 18.9. The third-order valence-electron chi connectivity index (χ3n) is 4.95. The topological polar surface area (TPSA) is 116 Å². The number of unbranched alkanes of at least 4 members (excludes halogenated alkanes) is 2. The molecule has 7 heteroatoms. The van der Waals surface area contributed by atoms with Gasteiger partial charge in [0.05, 0.1) is 6.10 Å². The molecule has 0 aliphatic rings. The lowest BCUT2D eigenvalue weighted by Crippen LogP contribution is -2.48. The number of carbonyl (C=O) groups excluding carboxylic acids is 3. The molecular formula is C26H30N2O5. The van der Waals surface area contributed by atoms with Gasteiger partial charge in [0.2, 0.25) is 5.91 Å². The van der Waals surface area contributed by atoms with Gasteiger partial charge >= 0.3 is 0 Å². The van der Waals surface area contributed by atoms with Crippen LogP contribution in [0.5, 0.6) is 0 Å². The molecule has 2 rings (SSSR count). The average Bonchev–Trinajstić information content (AvgIpc) is 2.81. The van der Waals surface area contributed by atoms with Crippen LogP contribution >= 0.6 is 0 Å². The second-order valence-electron chi connectivity index (χ2n) is 7.73. The van der Waals surface area contributed by atoms with Crippen molar-refractivity contribution in [2.75, 3.05) is 11.9 Å². The molecule has 0 aromatic heterocycles. The van der Waals surface area contributed by atoms with Crippen LogP contribution < -0.4 is 10.6 Å². The summed E-state index contributed by atoms with van der Waals surface area (Å²) >= 11 is 0. The number of aliphatic hydroxyl groups excluding tert-OH is 2. The van der Waals surface area contributed by atoms with Crippen molar-refractivity contribution in [2.45, 2.75) is 51.7 Å². The number of hydrogen-bond donors (Lipinski definition) is 4. The highest BCUT2D eigenvalue weighted by Gasteiger charge is 2.25. The van der Waals surface area contributed by atoms with E-state index in [0.717, 1.165) is 30.5 Å². The second kappa shape index (κ2) is 13.2. The highest BCUT2D eigenvalue weighted by Crippen LogP contribution is 2.11. The smallest absolute Gasteiger partial charge is 0.251 e. The predicted octanol–water partition coefficient (Wildman–Crippen LogP) is 2.65. The molecule has 0 fully saturated rings. The van der Waals surface area contributed by atoms with Crippen LogP contribution in [0.1, 0.15) is 61.0 Å². The molecule has 2 amide bonds. The van der Waals surface area contributed by atoms with Crippen molar-refractivity contribution in [3.63, 3.8) is 0 Å². The fourth-order valence-electron chi connectivity index (χ4n) is 3.04. The monoisotopic (exact) mass is 450 g/mol. The van der Waals surface area contributed by atoms with E-state index in [4.69, 9.17) is 5.11 Å². The number of aliphatic hydroxyl groups is 2. The van der Waals surface area contributed by atoms with Crippen molar-refractivity contribution in [3.8, 4) is 11.8 Å². The molecule has 2 aromatic carbocycles. The summed E-state index contributed by atoms with van der Waals surface area (Å²) < 4.78 is 0. The van der Waals surface area contributed by atoms with E-state index in [2.05, 4.69) is 29.4 Å². The van der Waals surface area contributed by atoms with Gasteiger partial charge in [-0.1, -0.05) is 31.6 Å².